The van der Waals surface area contributed by atoms with Crippen LogP contribution in [0.4, 0.5) is 10.1 Å². The minimum absolute atomic E-state index is 0.0817. The Balaban J connectivity index is 2.95. The summed E-state index contributed by atoms with van der Waals surface area (Å²) in [6, 6.07) is 2.17. The van der Waals surface area contributed by atoms with Gasteiger partial charge in [-0.05, 0) is 43.9 Å². The molecule has 5 nitrogen and oxygen atoms in total. The van der Waals surface area contributed by atoms with Gasteiger partial charge in [-0.2, -0.15) is 0 Å². The van der Waals surface area contributed by atoms with E-state index < -0.39 is 21.4 Å². The van der Waals surface area contributed by atoms with Crippen LogP contribution in [0.2, 0.25) is 0 Å². The van der Waals surface area contributed by atoms with E-state index in [0.717, 1.165) is 12.1 Å². The van der Waals surface area contributed by atoms with E-state index in [2.05, 4.69) is 4.72 Å². The second-order valence-electron chi connectivity index (χ2n) is 6.06. The molecule has 0 aliphatic rings. The third-order valence-electron chi connectivity index (χ3n) is 3.07. The van der Waals surface area contributed by atoms with Crippen LogP contribution >= 0.6 is 0 Å². The van der Waals surface area contributed by atoms with Crippen molar-refractivity contribution in [3.8, 4) is 0 Å². The highest BCUT2D eigenvalue weighted by molar-refractivity contribution is 7.89. The zero-order valence-electron chi connectivity index (χ0n) is 12.8. The Morgan fingerprint density at radius 1 is 1.43 bits per heavy atom. The molecule has 0 aliphatic heterocycles. The first kappa shape index (κ1) is 17.9. The molecule has 0 spiro atoms. The molecule has 1 unspecified atom stereocenters. The summed E-state index contributed by atoms with van der Waals surface area (Å²) in [7, 11) is -3.86. The molecule has 0 amide bonds. The minimum Gasteiger partial charge on any atom is -0.396 e. The Hall–Kier alpha value is -1.18. The van der Waals surface area contributed by atoms with Gasteiger partial charge in [-0.1, -0.05) is 13.8 Å². The van der Waals surface area contributed by atoms with E-state index in [-0.39, 0.29) is 28.6 Å². The van der Waals surface area contributed by atoms with Gasteiger partial charge < -0.3 is 10.8 Å². The molecule has 0 bridgehead atoms. The lowest BCUT2D eigenvalue weighted by Gasteiger charge is -2.25. The molecule has 1 atom stereocenters. The third-order valence-corrected chi connectivity index (χ3v) is 4.62. The zero-order valence-corrected chi connectivity index (χ0v) is 13.6. The van der Waals surface area contributed by atoms with Crippen LogP contribution in [-0.4, -0.2) is 25.7 Å². The van der Waals surface area contributed by atoms with Gasteiger partial charge in [0.2, 0.25) is 10.0 Å². The Morgan fingerprint density at radius 2 is 2.00 bits per heavy atom. The maximum atomic E-state index is 13.3. The number of halogens is 1. The summed E-state index contributed by atoms with van der Waals surface area (Å²) in [5, 5.41) is 10.2. The first-order chi connectivity index (χ1) is 9.44. The number of hydrogen-bond donors (Lipinski definition) is 3. The Bertz CT molecular complexity index is 613. The van der Waals surface area contributed by atoms with Crippen molar-refractivity contribution in [2.24, 2.45) is 5.92 Å². The predicted octanol–water partition coefficient (Wildman–Crippen LogP) is 1.79. The van der Waals surface area contributed by atoms with E-state index >= 15 is 0 Å². The number of rotatable bonds is 6. The standard InChI is InChI=1S/C14H23FN2O3S/c1-9(2)7-14(4,18)8-17-21(19,20)13-6-12(16)11(15)5-10(13)3/h5-6,9,17-18H,7-8,16H2,1-4H3. The second kappa shape index (κ2) is 6.29. The van der Waals surface area contributed by atoms with Gasteiger partial charge in [0.1, 0.15) is 5.82 Å². The molecule has 21 heavy (non-hydrogen) atoms. The lowest BCUT2D eigenvalue weighted by atomic mass is 9.95. The van der Waals surface area contributed by atoms with Gasteiger partial charge in [-0.25, -0.2) is 17.5 Å². The number of hydrogen-bond acceptors (Lipinski definition) is 4. The molecule has 0 saturated carbocycles. The van der Waals surface area contributed by atoms with Gasteiger partial charge in [0, 0.05) is 6.54 Å². The topological polar surface area (TPSA) is 92.4 Å². The van der Waals surface area contributed by atoms with Gasteiger partial charge >= 0.3 is 0 Å². The highest BCUT2D eigenvalue weighted by Gasteiger charge is 2.26. The van der Waals surface area contributed by atoms with Gasteiger partial charge in [-0.15, -0.1) is 0 Å². The van der Waals surface area contributed by atoms with Crippen molar-refractivity contribution in [2.75, 3.05) is 12.3 Å². The van der Waals surface area contributed by atoms with Crippen LogP contribution in [0.5, 0.6) is 0 Å². The number of nitrogens with two attached hydrogens (primary N) is 1. The largest absolute Gasteiger partial charge is 0.396 e. The fourth-order valence-electron chi connectivity index (χ4n) is 2.24. The van der Waals surface area contributed by atoms with Crippen LogP contribution in [0.15, 0.2) is 17.0 Å². The van der Waals surface area contributed by atoms with Crippen LogP contribution < -0.4 is 10.5 Å². The highest BCUT2D eigenvalue weighted by atomic mass is 32.2. The Kier molecular flexibility index (Phi) is 5.35. The molecule has 0 heterocycles. The van der Waals surface area contributed by atoms with E-state index in [9.17, 15) is 17.9 Å². The molecule has 0 fully saturated rings. The normalized spacial score (nSPS) is 15.2. The monoisotopic (exact) mass is 318 g/mol. The average molecular weight is 318 g/mol. The summed E-state index contributed by atoms with van der Waals surface area (Å²) in [6.45, 7) is 6.82. The van der Waals surface area contributed by atoms with Crippen LogP contribution in [0.3, 0.4) is 0 Å². The first-order valence-corrected chi connectivity index (χ1v) is 8.20. The van der Waals surface area contributed by atoms with Crippen molar-refractivity contribution in [1.82, 2.24) is 4.72 Å². The number of sulfonamides is 1. The van der Waals surface area contributed by atoms with Crippen molar-refractivity contribution < 1.29 is 17.9 Å². The van der Waals surface area contributed by atoms with Gasteiger partial charge in [0.25, 0.3) is 0 Å². The predicted molar refractivity (Wildman–Crippen MR) is 80.8 cm³/mol. The summed E-state index contributed by atoms with van der Waals surface area (Å²) in [5.41, 5.74) is 4.30. The number of aryl methyl sites for hydroxylation is 1. The molecule has 0 radical (unpaired) electrons. The molecule has 120 valence electrons. The number of nitrogen functional groups attached to an aromatic ring is 1. The molecule has 1 rings (SSSR count). The molecular formula is C14H23FN2O3S. The fraction of sp³-hybridized carbons (Fsp3) is 0.571. The van der Waals surface area contributed by atoms with Crippen molar-refractivity contribution >= 4 is 15.7 Å². The SMILES string of the molecule is Cc1cc(F)c(N)cc1S(=O)(=O)NCC(C)(O)CC(C)C. The highest BCUT2D eigenvalue weighted by Crippen LogP contribution is 2.22. The first-order valence-electron chi connectivity index (χ1n) is 6.72. The molecule has 1 aromatic carbocycles. The van der Waals surface area contributed by atoms with E-state index in [1.165, 1.54) is 6.92 Å². The molecule has 0 aliphatic carbocycles. The smallest absolute Gasteiger partial charge is 0.241 e. The number of benzene rings is 1. The molecular weight excluding hydrogens is 295 g/mol. The number of aliphatic hydroxyl groups is 1. The zero-order chi connectivity index (χ0) is 16.4. The second-order valence-corrected chi connectivity index (χ2v) is 7.79. The quantitative estimate of drug-likeness (QED) is 0.697. The summed E-state index contributed by atoms with van der Waals surface area (Å²) in [5.74, 6) is -0.425. The Labute approximate surface area is 125 Å². The number of anilines is 1. The van der Waals surface area contributed by atoms with Gasteiger partial charge in [-0.3, -0.25) is 0 Å². The molecule has 1 aromatic rings. The fourth-order valence-corrected chi connectivity index (χ4v) is 3.66. The maximum Gasteiger partial charge on any atom is 0.241 e. The molecule has 4 N–H and O–H groups in total. The van der Waals surface area contributed by atoms with Crippen LogP contribution in [0, 0.1) is 18.7 Å². The summed E-state index contributed by atoms with van der Waals surface area (Å²) in [6.07, 6.45) is 0.458. The molecule has 0 aromatic heterocycles. The van der Waals surface area contributed by atoms with Gasteiger partial charge in [0.05, 0.1) is 16.2 Å². The summed E-state index contributed by atoms with van der Waals surface area (Å²) in [4.78, 5) is -0.0817. The summed E-state index contributed by atoms with van der Waals surface area (Å²) < 4.78 is 40.1. The van der Waals surface area contributed by atoms with E-state index in [0.29, 0.717) is 6.42 Å². The lowest BCUT2D eigenvalue weighted by molar-refractivity contribution is 0.0436. The van der Waals surface area contributed by atoms with Crippen molar-refractivity contribution in [1.29, 1.82) is 0 Å². The van der Waals surface area contributed by atoms with Crippen LogP contribution in [-0.2, 0) is 10.0 Å². The number of nitrogens with one attached hydrogen (secondary N) is 1. The van der Waals surface area contributed by atoms with Crippen molar-refractivity contribution in [3.63, 3.8) is 0 Å². The van der Waals surface area contributed by atoms with Gasteiger partial charge in [0.15, 0.2) is 0 Å². The average Bonchev–Trinajstić information content (AvgIpc) is 2.30. The van der Waals surface area contributed by atoms with E-state index in [1.807, 2.05) is 13.8 Å². The maximum absolute atomic E-state index is 13.3. The third kappa shape index (κ3) is 4.94. The Morgan fingerprint density at radius 3 is 2.52 bits per heavy atom. The van der Waals surface area contributed by atoms with Crippen molar-refractivity contribution in [3.05, 3.63) is 23.5 Å². The van der Waals surface area contributed by atoms with Crippen molar-refractivity contribution in [2.45, 2.75) is 44.6 Å². The lowest BCUT2D eigenvalue weighted by Crippen LogP contribution is -2.41. The molecule has 7 heteroatoms. The van der Waals surface area contributed by atoms with Crippen LogP contribution in [0.1, 0.15) is 32.8 Å². The van der Waals surface area contributed by atoms with E-state index in [1.54, 1.807) is 6.92 Å². The molecule has 0 saturated heterocycles. The minimum atomic E-state index is -3.86. The van der Waals surface area contributed by atoms with Crippen LogP contribution in [0.25, 0.3) is 0 Å². The van der Waals surface area contributed by atoms with E-state index in [4.69, 9.17) is 5.73 Å². The summed E-state index contributed by atoms with van der Waals surface area (Å²) >= 11 is 0.